The highest BCUT2D eigenvalue weighted by atomic mass is 32.2. The molecule has 1 atom stereocenters. The number of oxime groups is 1. The number of hydrazine groups is 1. The van der Waals surface area contributed by atoms with Gasteiger partial charge in [0.2, 0.25) is 6.61 Å². The minimum Gasteiger partial charge on any atom is -0.476 e. The number of aliphatic carboxylic acids is 1. The minimum atomic E-state index is -4.74. The highest BCUT2D eigenvalue weighted by Crippen LogP contribution is 2.32. The number of carbonyl (C=O) groups excluding carboxylic acids is 2. The molecule has 192 valence electrons. The second kappa shape index (κ2) is 9.78. The largest absolute Gasteiger partial charge is 0.476 e. The fourth-order valence-corrected chi connectivity index (χ4v) is 5.50. The lowest BCUT2D eigenvalue weighted by molar-refractivity contribution is -0.174. The Morgan fingerprint density at radius 1 is 1.43 bits per heavy atom. The molecule has 0 saturated carbocycles. The Morgan fingerprint density at radius 3 is 2.66 bits per heavy atom. The molecule has 13 nitrogen and oxygen atoms in total. The van der Waals surface area contributed by atoms with Crippen molar-refractivity contribution in [2.45, 2.75) is 25.6 Å². The van der Waals surface area contributed by atoms with E-state index in [4.69, 9.17) is 5.73 Å². The molecule has 1 fully saturated rings. The molecule has 35 heavy (non-hydrogen) atoms. The third-order valence-electron chi connectivity index (χ3n) is 4.70. The zero-order chi connectivity index (χ0) is 26.1. The summed E-state index contributed by atoms with van der Waals surface area (Å²) in [6.07, 6.45) is -4.51. The van der Waals surface area contributed by atoms with Crippen LogP contribution >= 0.6 is 11.3 Å². The first-order valence-electron chi connectivity index (χ1n) is 9.82. The molecule has 0 spiro atoms. The predicted octanol–water partition coefficient (Wildman–Crippen LogP) is -0.313. The SMILES string of the molecule is CCCS(=O)(=O)C1=C(C(=O)O)N2C(=O)[C@@H](NC(=O)/C(=N/OCC(F)(F)F)c3csc(N)n3)CN2C1. The lowest BCUT2D eigenvalue weighted by atomic mass is 10.2. The van der Waals surface area contributed by atoms with Gasteiger partial charge in [0.1, 0.15) is 11.7 Å². The van der Waals surface area contributed by atoms with E-state index in [1.54, 1.807) is 6.92 Å². The molecule has 18 heteroatoms. The van der Waals surface area contributed by atoms with Crippen molar-refractivity contribution in [3.8, 4) is 0 Å². The predicted molar refractivity (Wildman–Crippen MR) is 114 cm³/mol. The van der Waals surface area contributed by atoms with Gasteiger partial charge in [-0.2, -0.15) is 13.2 Å². The molecular formula is C17H19F3N6O7S2. The first-order valence-corrected chi connectivity index (χ1v) is 12.3. The Morgan fingerprint density at radius 2 is 2.11 bits per heavy atom. The van der Waals surface area contributed by atoms with Crippen molar-refractivity contribution >= 4 is 49.8 Å². The van der Waals surface area contributed by atoms with E-state index in [1.807, 2.05) is 0 Å². The second-order valence-electron chi connectivity index (χ2n) is 7.32. The summed E-state index contributed by atoms with van der Waals surface area (Å²) in [6.45, 7) is -0.906. The number of alkyl halides is 3. The van der Waals surface area contributed by atoms with E-state index in [0.717, 1.165) is 16.3 Å². The van der Waals surface area contributed by atoms with Crippen LogP contribution in [0.3, 0.4) is 0 Å². The number of amides is 2. The number of carboxylic acids is 1. The fraction of sp³-hybridized carbons (Fsp3) is 0.471. The topological polar surface area (TPSA) is 185 Å². The Balaban J connectivity index is 1.84. The van der Waals surface area contributed by atoms with Gasteiger partial charge in [0.15, 0.2) is 26.4 Å². The summed E-state index contributed by atoms with van der Waals surface area (Å²) in [5.41, 5.74) is 3.85. The van der Waals surface area contributed by atoms with E-state index in [1.165, 1.54) is 5.38 Å². The highest BCUT2D eigenvalue weighted by molar-refractivity contribution is 7.95. The number of carbonyl (C=O) groups is 3. The third-order valence-corrected chi connectivity index (χ3v) is 7.40. The van der Waals surface area contributed by atoms with E-state index >= 15 is 0 Å². The number of rotatable bonds is 9. The summed E-state index contributed by atoms with van der Waals surface area (Å²) in [6, 6.07) is -1.36. The number of halogens is 3. The summed E-state index contributed by atoms with van der Waals surface area (Å²) in [5.74, 6) is -4.06. The molecule has 3 rings (SSSR count). The van der Waals surface area contributed by atoms with E-state index in [-0.39, 0.29) is 29.5 Å². The van der Waals surface area contributed by atoms with Gasteiger partial charge in [-0.3, -0.25) is 9.59 Å². The van der Waals surface area contributed by atoms with Crippen LogP contribution in [-0.4, -0.2) is 89.7 Å². The van der Waals surface area contributed by atoms with Crippen LogP contribution in [0.25, 0.3) is 0 Å². The summed E-state index contributed by atoms with van der Waals surface area (Å²) in [7, 11) is -3.95. The first kappa shape index (κ1) is 26.4. The number of hydrogen-bond acceptors (Lipinski definition) is 11. The molecule has 0 bridgehead atoms. The molecule has 0 radical (unpaired) electrons. The van der Waals surface area contributed by atoms with Crippen molar-refractivity contribution in [1.29, 1.82) is 0 Å². The summed E-state index contributed by atoms with van der Waals surface area (Å²) in [5, 5.41) is 18.0. The van der Waals surface area contributed by atoms with Crippen molar-refractivity contribution in [1.82, 2.24) is 20.3 Å². The van der Waals surface area contributed by atoms with Gasteiger partial charge in [-0.05, 0) is 6.42 Å². The number of fused-ring (bicyclic) bond motifs is 1. The van der Waals surface area contributed by atoms with Crippen molar-refractivity contribution in [3.05, 3.63) is 21.7 Å². The van der Waals surface area contributed by atoms with Crippen LogP contribution in [0.5, 0.6) is 0 Å². The molecule has 2 aliphatic rings. The van der Waals surface area contributed by atoms with Gasteiger partial charge >= 0.3 is 12.1 Å². The molecule has 3 heterocycles. The van der Waals surface area contributed by atoms with Crippen molar-refractivity contribution in [3.63, 3.8) is 0 Å². The molecule has 2 amide bonds. The van der Waals surface area contributed by atoms with Crippen LogP contribution in [0.2, 0.25) is 0 Å². The summed E-state index contributed by atoms with van der Waals surface area (Å²) < 4.78 is 62.2. The summed E-state index contributed by atoms with van der Waals surface area (Å²) in [4.78, 5) is 45.0. The first-order chi connectivity index (χ1) is 16.2. The minimum absolute atomic E-state index is 0.0166. The molecule has 2 aliphatic heterocycles. The number of nitrogens with one attached hydrogen (secondary N) is 1. The lowest BCUT2D eigenvalue weighted by Crippen LogP contribution is -2.46. The number of thiazole rings is 1. The zero-order valence-electron chi connectivity index (χ0n) is 17.9. The standard InChI is InChI=1S/C17H19F3N6O7S2/c1-2-3-35(31,32)10-5-25-4-8(14(28)26(25)12(10)15(29)30)22-13(27)11(9-6-34-16(21)23-9)24-33-7-17(18,19)20/h6,8H,2-5,7H2,1H3,(H2,21,23)(H,22,27)(H,29,30)/b24-11+/t8-/m0/s1. The van der Waals surface area contributed by atoms with Crippen molar-refractivity contribution in [2.24, 2.45) is 5.16 Å². The number of anilines is 1. The zero-order valence-corrected chi connectivity index (χ0v) is 19.5. The van der Waals surface area contributed by atoms with Gasteiger partial charge in [-0.25, -0.2) is 28.2 Å². The number of nitrogens with two attached hydrogens (primary N) is 1. The molecule has 0 aliphatic carbocycles. The third kappa shape index (κ3) is 5.70. The highest BCUT2D eigenvalue weighted by Gasteiger charge is 2.50. The van der Waals surface area contributed by atoms with Gasteiger partial charge < -0.3 is 21.0 Å². The van der Waals surface area contributed by atoms with Gasteiger partial charge in [-0.15, -0.1) is 11.3 Å². The van der Waals surface area contributed by atoms with Crippen LogP contribution in [-0.2, 0) is 29.1 Å². The summed E-state index contributed by atoms with van der Waals surface area (Å²) >= 11 is 0.872. The number of carboxylic acid groups (broad SMARTS) is 1. The maximum atomic E-state index is 12.9. The Bertz CT molecular complexity index is 1210. The maximum Gasteiger partial charge on any atom is 0.425 e. The number of nitrogen functional groups attached to an aromatic ring is 1. The molecular weight excluding hydrogens is 521 g/mol. The molecule has 4 N–H and O–H groups in total. The van der Waals surface area contributed by atoms with Gasteiger partial charge in [0.25, 0.3) is 11.8 Å². The molecule has 0 unspecified atom stereocenters. The van der Waals surface area contributed by atoms with Crippen LogP contribution < -0.4 is 11.1 Å². The Labute approximate surface area is 199 Å². The van der Waals surface area contributed by atoms with Gasteiger partial charge in [-0.1, -0.05) is 12.1 Å². The van der Waals surface area contributed by atoms with Gasteiger partial charge in [0, 0.05) is 11.9 Å². The lowest BCUT2D eigenvalue weighted by Gasteiger charge is -2.18. The quantitative estimate of drug-likeness (QED) is 0.277. The maximum absolute atomic E-state index is 12.9. The number of hydrogen-bond donors (Lipinski definition) is 3. The van der Waals surface area contributed by atoms with Crippen LogP contribution in [0.1, 0.15) is 19.0 Å². The monoisotopic (exact) mass is 540 g/mol. The Kier molecular flexibility index (Phi) is 7.37. The van der Waals surface area contributed by atoms with Gasteiger partial charge in [0.05, 0.1) is 17.2 Å². The second-order valence-corrected chi connectivity index (χ2v) is 10.3. The fourth-order valence-electron chi connectivity index (χ4n) is 3.36. The van der Waals surface area contributed by atoms with E-state index in [9.17, 15) is 41.1 Å². The molecule has 1 aromatic heterocycles. The average molecular weight is 541 g/mol. The molecule has 1 aromatic rings. The van der Waals surface area contributed by atoms with E-state index < -0.39 is 69.3 Å². The van der Waals surface area contributed by atoms with Crippen molar-refractivity contribution in [2.75, 3.05) is 31.2 Å². The number of nitrogens with zero attached hydrogens (tertiary/aromatic N) is 4. The number of sulfone groups is 1. The van der Waals surface area contributed by atoms with E-state index in [2.05, 4.69) is 20.3 Å². The molecule has 0 aromatic carbocycles. The average Bonchev–Trinajstić information content (AvgIpc) is 3.40. The van der Waals surface area contributed by atoms with Crippen LogP contribution in [0.15, 0.2) is 21.1 Å². The molecule has 1 saturated heterocycles. The van der Waals surface area contributed by atoms with E-state index in [0.29, 0.717) is 5.01 Å². The number of aromatic nitrogens is 1. The normalized spacial score (nSPS) is 19.3. The van der Waals surface area contributed by atoms with Crippen molar-refractivity contribution < 1.29 is 45.9 Å². The van der Waals surface area contributed by atoms with Crippen LogP contribution in [0.4, 0.5) is 18.3 Å². The van der Waals surface area contributed by atoms with Crippen LogP contribution in [0, 0.1) is 0 Å². The smallest absolute Gasteiger partial charge is 0.425 e. The Hall–Kier alpha value is -3.25.